The highest BCUT2D eigenvalue weighted by Gasteiger charge is 2.26. The van der Waals surface area contributed by atoms with E-state index >= 15 is 0 Å². The minimum Gasteiger partial charge on any atom is -0.760 e. The summed E-state index contributed by atoms with van der Waals surface area (Å²) in [5.41, 5.74) is 5.29. The Morgan fingerprint density at radius 1 is 1.07 bits per heavy atom. The van der Waals surface area contributed by atoms with Crippen LogP contribution in [0.4, 0.5) is 17.3 Å². The van der Waals surface area contributed by atoms with Gasteiger partial charge in [0.15, 0.2) is 0 Å². The lowest BCUT2D eigenvalue weighted by Crippen LogP contribution is -2.49. The Bertz CT molecular complexity index is 1600. The zero-order valence-corrected chi connectivity index (χ0v) is 26.6. The molecule has 12 nitrogen and oxygen atoms in total. The molecule has 2 aliphatic heterocycles. The monoisotopic (exact) mass is 634 g/mol. The molecule has 2 fully saturated rings. The van der Waals surface area contributed by atoms with Crippen LogP contribution in [0.5, 0.6) is 5.75 Å². The molecule has 2 aromatic heterocycles. The maximum atomic E-state index is 11.9. The van der Waals surface area contributed by atoms with Crippen molar-refractivity contribution in [2.75, 3.05) is 77.0 Å². The molecule has 0 amide bonds. The van der Waals surface area contributed by atoms with Crippen molar-refractivity contribution in [1.29, 1.82) is 0 Å². The molecule has 6 rings (SSSR count). The van der Waals surface area contributed by atoms with E-state index in [1.165, 1.54) is 4.31 Å². The van der Waals surface area contributed by atoms with Crippen LogP contribution >= 0.6 is 0 Å². The first-order valence-electron chi connectivity index (χ1n) is 15.3. The van der Waals surface area contributed by atoms with Crippen molar-refractivity contribution < 1.29 is 23.0 Å². The van der Waals surface area contributed by atoms with Gasteiger partial charge in [-0.3, -0.25) is 9.11 Å². The maximum Gasteiger partial charge on any atom is 0.245 e. The lowest BCUT2D eigenvalue weighted by atomic mass is 10.0. The Hall–Kier alpha value is -3.59. The van der Waals surface area contributed by atoms with Crippen molar-refractivity contribution in [3.05, 3.63) is 66.4 Å². The van der Waals surface area contributed by atoms with Crippen LogP contribution in [-0.2, 0) is 27.3 Å². The summed E-state index contributed by atoms with van der Waals surface area (Å²) < 4.78 is 43.4. The van der Waals surface area contributed by atoms with Gasteiger partial charge in [0.05, 0.1) is 50.0 Å². The fourth-order valence-corrected chi connectivity index (χ4v) is 6.66. The topological polar surface area (TPSA) is 120 Å². The molecule has 0 aliphatic carbocycles. The Morgan fingerprint density at radius 3 is 2.62 bits per heavy atom. The van der Waals surface area contributed by atoms with E-state index in [1.54, 1.807) is 20.4 Å². The van der Waals surface area contributed by atoms with Gasteiger partial charge in [0.2, 0.25) is 5.95 Å². The molecule has 2 saturated heterocycles. The molecule has 4 heterocycles. The van der Waals surface area contributed by atoms with Crippen LogP contribution in [0.15, 0.2) is 60.8 Å². The number of hydrogen-bond acceptors (Lipinski definition) is 10. The molecule has 1 atom stereocenters. The summed E-state index contributed by atoms with van der Waals surface area (Å²) in [6, 6.07) is 18.5. The van der Waals surface area contributed by atoms with E-state index in [1.807, 2.05) is 47.0 Å². The van der Waals surface area contributed by atoms with Crippen LogP contribution in [0.3, 0.4) is 0 Å². The smallest absolute Gasteiger partial charge is 0.245 e. The van der Waals surface area contributed by atoms with E-state index in [0.29, 0.717) is 24.3 Å². The summed E-state index contributed by atoms with van der Waals surface area (Å²) in [7, 11) is 3.23. The van der Waals surface area contributed by atoms with E-state index in [0.717, 1.165) is 85.9 Å². The molecular weight excluding hydrogens is 594 g/mol. The summed E-state index contributed by atoms with van der Waals surface area (Å²) in [6.45, 7) is 6.52. The molecule has 1 N–H and O–H groups in total. The van der Waals surface area contributed by atoms with Crippen molar-refractivity contribution in [2.45, 2.75) is 25.4 Å². The second-order valence-corrected chi connectivity index (χ2v) is 12.2. The molecule has 1 unspecified atom stereocenters. The second kappa shape index (κ2) is 14.7. The van der Waals surface area contributed by atoms with Gasteiger partial charge in [0.25, 0.3) is 0 Å². The molecule has 0 bridgehead atoms. The predicted octanol–water partition coefficient (Wildman–Crippen LogP) is 3.69. The summed E-state index contributed by atoms with van der Waals surface area (Å²) in [5, 5.41) is 8.15. The fourth-order valence-electron chi connectivity index (χ4n) is 6.19. The van der Waals surface area contributed by atoms with Gasteiger partial charge >= 0.3 is 0 Å². The largest absolute Gasteiger partial charge is 0.760 e. The van der Waals surface area contributed by atoms with Crippen molar-refractivity contribution in [1.82, 2.24) is 23.8 Å². The highest BCUT2D eigenvalue weighted by Crippen LogP contribution is 2.33. The van der Waals surface area contributed by atoms with E-state index < -0.39 is 11.3 Å². The number of hydrogen-bond donors (Lipinski definition) is 1. The number of fused-ring (bicyclic) bond motifs is 1. The molecule has 0 saturated carbocycles. The molecule has 13 heteroatoms. The number of anilines is 3. The SMILES string of the molecule is COCCN(Cc1ccccc1-c1ccc2cnc(Nc3ccc(N4CCC(N5CCOCC5)CC4)cc3OC)nn12)S(=O)[O-]. The lowest BCUT2D eigenvalue weighted by Gasteiger charge is -2.40. The second-order valence-electron chi connectivity index (χ2n) is 11.2. The van der Waals surface area contributed by atoms with Crippen molar-refractivity contribution in [3.8, 4) is 17.0 Å². The van der Waals surface area contributed by atoms with Crippen molar-refractivity contribution >= 4 is 34.1 Å². The average Bonchev–Trinajstić information content (AvgIpc) is 3.50. The third-order valence-electron chi connectivity index (χ3n) is 8.62. The first-order valence-corrected chi connectivity index (χ1v) is 16.4. The Morgan fingerprint density at radius 2 is 1.87 bits per heavy atom. The summed E-state index contributed by atoms with van der Waals surface area (Å²) >= 11 is -2.38. The third-order valence-corrected chi connectivity index (χ3v) is 9.35. The molecule has 4 aromatic rings. The minimum atomic E-state index is -2.38. The fraction of sp³-hybridized carbons (Fsp3) is 0.438. The molecule has 0 radical (unpaired) electrons. The molecular formula is C32H40N7O5S-. The number of benzene rings is 2. The standard InChI is InChI=1S/C32H41N7O5S/c1-42-18-17-38(45(40)41)23-24-5-3-4-6-28(24)30-10-8-27-22-33-32(35-39(27)30)34-29-9-7-26(21-31(29)43-2)36-13-11-25(12-14-36)37-15-19-44-20-16-37/h3-10,21-22,25H,11-20,23H2,1-2H3,(H,34,35)(H,40,41)/p-1. The zero-order valence-electron chi connectivity index (χ0n) is 25.8. The number of methoxy groups -OCH3 is 2. The maximum absolute atomic E-state index is 11.9. The normalized spacial score (nSPS) is 17.2. The highest BCUT2D eigenvalue weighted by molar-refractivity contribution is 7.76. The molecule has 2 aromatic carbocycles. The predicted molar refractivity (Wildman–Crippen MR) is 174 cm³/mol. The van der Waals surface area contributed by atoms with Gasteiger partial charge < -0.3 is 29.0 Å². The molecule has 240 valence electrons. The average molecular weight is 635 g/mol. The third kappa shape index (κ3) is 7.29. The van der Waals surface area contributed by atoms with Crippen LogP contribution in [0.1, 0.15) is 18.4 Å². The first-order chi connectivity index (χ1) is 22.0. The summed E-state index contributed by atoms with van der Waals surface area (Å²) in [4.78, 5) is 9.55. The Labute approximate surface area is 266 Å². The van der Waals surface area contributed by atoms with Crippen LogP contribution in [0.2, 0.25) is 0 Å². The number of rotatable bonds is 12. The number of nitrogens with zero attached hydrogens (tertiary/aromatic N) is 6. The van der Waals surface area contributed by atoms with Crippen LogP contribution in [0, 0.1) is 0 Å². The van der Waals surface area contributed by atoms with Gasteiger partial charge in [-0.15, -0.1) is 5.10 Å². The number of ether oxygens (including phenoxy) is 3. The number of morpholine rings is 1. The van der Waals surface area contributed by atoms with E-state index in [2.05, 4.69) is 32.2 Å². The van der Waals surface area contributed by atoms with Gasteiger partial charge in [-0.1, -0.05) is 24.3 Å². The van der Waals surface area contributed by atoms with E-state index in [4.69, 9.17) is 19.3 Å². The molecule has 2 aliphatic rings. The van der Waals surface area contributed by atoms with Gasteiger partial charge in [-0.25, -0.2) is 13.8 Å². The van der Waals surface area contributed by atoms with Crippen molar-refractivity contribution in [3.63, 3.8) is 0 Å². The van der Waals surface area contributed by atoms with Gasteiger partial charge in [0.1, 0.15) is 5.75 Å². The zero-order chi connectivity index (χ0) is 31.2. The van der Waals surface area contributed by atoms with E-state index in [9.17, 15) is 8.76 Å². The van der Waals surface area contributed by atoms with Gasteiger partial charge in [0, 0.05) is 81.0 Å². The van der Waals surface area contributed by atoms with Crippen molar-refractivity contribution in [2.24, 2.45) is 0 Å². The minimum absolute atomic E-state index is 0.216. The van der Waals surface area contributed by atoms with Gasteiger partial charge in [-0.05, 0) is 42.7 Å². The molecule has 45 heavy (non-hydrogen) atoms. The lowest BCUT2D eigenvalue weighted by molar-refractivity contribution is 0.0115. The van der Waals surface area contributed by atoms with Gasteiger partial charge in [-0.2, -0.15) is 0 Å². The molecule has 0 spiro atoms. The number of aromatic nitrogens is 3. The first kappa shape index (κ1) is 31.4. The van der Waals surface area contributed by atoms with Crippen LogP contribution < -0.4 is 15.0 Å². The Balaban J connectivity index is 1.19. The van der Waals surface area contributed by atoms with Crippen LogP contribution in [-0.4, -0.2) is 105 Å². The van der Waals surface area contributed by atoms with E-state index in [-0.39, 0.29) is 13.1 Å². The quantitative estimate of drug-likeness (QED) is 0.231. The number of nitrogens with one attached hydrogen (secondary N) is 1. The van der Waals surface area contributed by atoms with Crippen LogP contribution in [0.25, 0.3) is 16.8 Å². The summed E-state index contributed by atoms with van der Waals surface area (Å²) in [6.07, 6.45) is 4.04. The number of piperidine rings is 1. The Kier molecular flexibility index (Phi) is 10.2. The highest BCUT2D eigenvalue weighted by atomic mass is 32.2. The summed E-state index contributed by atoms with van der Waals surface area (Å²) in [5.74, 6) is 1.13.